The van der Waals surface area contributed by atoms with Gasteiger partial charge in [0.25, 0.3) is 5.19 Å². The number of thiazole rings is 1. The lowest BCUT2D eigenvalue weighted by Gasteiger charge is -2.29. The van der Waals surface area contributed by atoms with E-state index in [2.05, 4.69) is 23.8 Å². The summed E-state index contributed by atoms with van der Waals surface area (Å²) in [4.78, 5) is 22.3. The van der Waals surface area contributed by atoms with Crippen LogP contribution in [0.15, 0.2) is 22.0 Å². The van der Waals surface area contributed by atoms with Gasteiger partial charge in [-0.15, -0.1) is 0 Å². The first kappa shape index (κ1) is 28.3. The molecule has 0 saturated heterocycles. The Hall–Kier alpha value is -2.28. The summed E-state index contributed by atoms with van der Waals surface area (Å²) in [6, 6.07) is 0. The molecule has 0 saturated carbocycles. The van der Waals surface area contributed by atoms with Gasteiger partial charge in [-0.05, 0) is 25.7 Å². The van der Waals surface area contributed by atoms with Crippen LogP contribution in [0.1, 0.15) is 115 Å². The van der Waals surface area contributed by atoms with Crippen molar-refractivity contribution in [3.63, 3.8) is 0 Å². The van der Waals surface area contributed by atoms with Gasteiger partial charge < -0.3 is 9.84 Å². The monoisotopic (exact) mass is 514 g/mol. The molecule has 2 heterocycles. The Kier molecular flexibility index (Phi) is 10.9. The molecule has 1 aromatic heterocycles. The van der Waals surface area contributed by atoms with Crippen LogP contribution in [0, 0.1) is 12.8 Å². The number of ketones is 2. The van der Waals surface area contributed by atoms with E-state index in [-0.39, 0.29) is 22.7 Å². The standard InChI is InChI=1S/C29H42N2O4S/c1-6-8-10-12-13-15-17-22(16-14-11-9-7-2)18-34-29-30-19(3)28(36-29)24-26(32)23(27(24)33)25-20(4)35-21(5)31-25/h22H,6-18H2,1-5H3. The Morgan fingerprint density at radius 2 is 1.53 bits per heavy atom. The van der Waals surface area contributed by atoms with Gasteiger partial charge in [0.1, 0.15) is 0 Å². The van der Waals surface area contributed by atoms with Crippen LogP contribution in [0.2, 0.25) is 0 Å². The molecule has 0 bridgehead atoms. The molecule has 0 radical (unpaired) electrons. The van der Waals surface area contributed by atoms with E-state index in [0.29, 0.717) is 45.7 Å². The third-order valence-corrected chi connectivity index (χ3v) is 8.01. The molecule has 2 aliphatic rings. The van der Waals surface area contributed by atoms with Crippen molar-refractivity contribution < 1.29 is 19.1 Å². The summed E-state index contributed by atoms with van der Waals surface area (Å²) in [6.45, 7) is 10.4. The predicted molar refractivity (Wildman–Crippen MR) is 145 cm³/mol. The van der Waals surface area contributed by atoms with Gasteiger partial charge in [0, 0.05) is 5.57 Å². The molecular formula is C29H42N2O4S. The van der Waals surface area contributed by atoms with Crippen molar-refractivity contribution in [2.45, 2.75) is 112 Å². The molecule has 0 spiro atoms. The second kappa shape index (κ2) is 13.9. The van der Waals surface area contributed by atoms with Crippen molar-refractivity contribution >= 4 is 34.4 Å². The van der Waals surface area contributed by atoms with Crippen molar-refractivity contribution in [2.24, 2.45) is 10.9 Å². The first-order valence-corrected chi connectivity index (χ1v) is 14.6. The largest absolute Gasteiger partial charge is 0.871 e. The van der Waals surface area contributed by atoms with Gasteiger partial charge in [-0.3, -0.25) is 4.79 Å². The highest BCUT2D eigenvalue weighted by Gasteiger charge is 2.39. The van der Waals surface area contributed by atoms with E-state index in [0.717, 1.165) is 0 Å². The molecule has 3 rings (SSSR count). The fourth-order valence-electron chi connectivity index (χ4n) is 4.81. The van der Waals surface area contributed by atoms with E-state index >= 15 is 0 Å². The lowest BCUT2D eigenvalue weighted by molar-refractivity contribution is -0.312. The number of carbonyl (C=O) groups is 1. The molecule has 0 N–H and O–H groups in total. The van der Waals surface area contributed by atoms with Crippen LogP contribution in [0.3, 0.4) is 0 Å². The van der Waals surface area contributed by atoms with E-state index in [1.54, 1.807) is 13.8 Å². The zero-order valence-corrected chi connectivity index (χ0v) is 23.5. The molecule has 0 amide bonds. The van der Waals surface area contributed by atoms with Crippen molar-refractivity contribution in [3.05, 3.63) is 27.6 Å². The zero-order valence-electron chi connectivity index (χ0n) is 22.7. The fourth-order valence-corrected chi connectivity index (χ4v) is 5.78. The third kappa shape index (κ3) is 7.15. The highest BCUT2D eigenvalue weighted by atomic mass is 32.1. The Balaban J connectivity index is 1.62. The number of allylic oxidation sites excluding steroid dienone is 3. The van der Waals surface area contributed by atoms with Crippen molar-refractivity contribution in [1.29, 1.82) is 0 Å². The molecule has 1 aliphatic carbocycles. The smallest absolute Gasteiger partial charge is 0.425 e. The minimum Gasteiger partial charge on any atom is -0.871 e. The Morgan fingerprint density at radius 3 is 2.11 bits per heavy atom. The van der Waals surface area contributed by atoms with E-state index in [4.69, 9.17) is 9.16 Å². The summed E-state index contributed by atoms with van der Waals surface area (Å²) in [7, 11) is 0. The third-order valence-electron chi connectivity index (χ3n) is 6.93. The SMILES string of the molecule is CCCCCCCCC(CCCCCC)COc1nc(C)c(C2=C([O-])/C(=C3/N=C(C)[O+]=C3C)C2=O)s1. The maximum Gasteiger partial charge on any atom is 0.425 e. The molecular weight excluding hydrogens is 472 g/mol. The van der Waals surface area contributed by atoms with Gasteiger partial charge in [0.15, 0.2) is 11.5 Å². The highest BCUT2D eigenvalue weighted by molar-refractivity contribution is 7.15. The maximum atomic E-state index is 12.9. The minimum atomic E-state index is -0.286. The number of aliphatic imine (C=N–C) groups is 1. The molecule has 36 heavy (non-hydrogen) atoms. The van der Waals surface area contributed by atoms with Gasteiger partial charge in [0.05, 0.1) is 36.6 Å². The number of Topliss-reactive ketones (excluding diaryl/α,β-unsaturated/α-hetero) is 1. The van der Waals surface area contributed by atoms with Crippen LogP contribution in [-0.4, -0.2) is 29.1 Å². The number of rotatable bonds is 16. The number of carbonyl (C=O) groups excluding carboxylic acids is 2. The van der Waals surface area contributed by atoms with Gasteiger partial charge >= 0.3 is 11.7 Å². The number of nitrogens with zero attached hydrogens (tertiary/aromatic N) is 2. The van der Waals surface area contributed by atoms with E-state index in [1.165, 1.54) is 88.4 Å². The normalized spacial score (nSPS) is 18.4. The lowest BCUT2D eigenvalue weighted by Crippen LogP contribution is -2.30. The van der Waals surface area contributed by atoms with Crippen molar-refractivity contribution in [2.75, 3.05) is 6.61 Å². The number of ether oxygens (including phenoxy) is 1. The Bertz CT molecular complexity index is 1050. The second-order valence-electron chi connectivity index (χ2n) is 10.0. The highest BCUT2D eigenvalue weighted by Crippen LogP contribution is 2.42. The number of hydrogen-bond donors (Lipinski definition) is 0. The number of unbranched alkanes of at least 4 members (excludes halogenated alkanes) is 8. The van der Waals surface area contributed by atoms with Gasteiger partial charge in [-0.1, -0.05) is 95.2 Å². The number of hydrogen-bond acceptors (Lipinski definition) is 6. The van der Waals surface area contributed by atoms with Crippen LogP contribution >= 0.6 is 11.3 Å². The summed E-state index contributed by atoms with van der Waals surface area (Å²) in [5.41, 5.74) is 1.32. The molecule has 0 fully saturated rings. The second-order valence-corrected chi connectivity index (χ2v) is 11.0. The molecule has 1 aliphatic heterocycles. The zero-order chi connectivity index (χ0) is 26.1. The molecule has 1 aromatic rings. The number of aromatic nitrogens is 1. The lowest BCUT2D eigenvalue weighted by atomic mass is 9.84. The topological polar surface area (TPSA) is 85.9 Å². The van der Waals surface area contributed by atoms with Crippen molar-refractivity contribution in [3.8, 4) is 5.19 Å². The average Bonchev–Trinajstić information content (AvgIpc) is 3.37. The van der Waals surface area contributed by atoms with E-state index in [9.17, 15) is 9.90 Å². The summed E-state index contributed by atoms with van der Waals surface area (Å²) in [6.07, 6.45) is 15.2. The van der Waals surface area contributed by atoms with Crippen molar-refractivity contribution in [1.82, 2.24) is 4.98 Å². The fraction of sp³-hybridized carbons (Fsp3) is 0.655. The summed E-state index contributed by atoms with van der Waals surface area (Å²) in [5.74, 6) is 0.874. The van der Waals surface area contributed by atoms with Crippen LogP contribution in [0.4, 0.5) is 0 Å². The van der Waals surface area contributed by atoms with Gasteiger partial charge in [-0.25, -0.2) is 4.98 Å². The Morgan fingerprint density at radius 1 is 0.917 bits per heavy atom. The van der Waals surface area contributed by atoms with E-state index in [1.807, 2.05) is 6.92 Å². The van der Waals surface area contributed by atoms with Crippen LogP contribution in [-0.2, 0) is 9.22 Å². The summed E-state index contributed by atoms with van der Waals surface area (Å²) >= 11 is 1.30. The molecule has 1 atom stereocenters. The van der Waals surface area contributed by atoms with E-state index < -0.39 is 0 Å². The van der Waals surface area contributed by atoms with Gasteiger partial charge in [-0.2, -0.15) is 9.42 Å². The quantitative estimate of drug-likeness (QED) is 0.141. The molecule has 198 valence electrons. The summed E-state index contributed by atoms with van der Waals surface area (Å²) < 4.78 is 11.6. The number of aryl methyl sites for hydroxylation is 1. The maximum absolute atomic E-state index is 12.9. The molecule has 1 unspecified atom stereocenters. The van der Waals surface area contributed by atoms with Crippen LogP contribution < -0.4 is 9.84 Å². The molecule has 7 heteroatoms. The molecule has 0 aromatic carbocycles. The predicted octanol–water partition coefficient (Wildman–Crippen LogP) is 6.63. The first-order chi connectivity index (χ1) is 17.4. The minimum absolute atomic E-state index is 0.112. The molecule has 6 nitrogen and oxygen atoms in total. The summed E-state index contributed by atoms with van der Waals surface area (Å²) in [5, 5.41) is 13.4. The van der Waals surface area contributed by atoms with Crippen LogP contribution in [0.25, 0.3) is 5.57 Å². The first-order valence-electron chi connectivity index (χ1n) is 13.8. The average molecular weight is 515 g/mol. The van der Waals surface area contributed by atoms with Gasteiger partial charge in [0.2, 0.25) is 0 Å². The van der Waals surface area contributed by atoms with Crippen LogP contribution in [0.5, 0.6) is 5.19 Å². The Labute approximate surface area is 220 Å².